The molecule has 0 aliphatic rings. The molecule has 0 aliphatic carbocycles. The Balaban J connectivity index is 1.95. The number of esters is 1. The van der Waals surface area contributed by atoms with Crippen LogP contribution in [0.5, 0.6) is 0 Å². The highest BCUT2D eigenvalue weighted by Crippen LogP contribution is 2.17. The molecule has 0 spiro atoms. The molecule has 0 unspecified atom stereocenters. The highest BCUT2D eigenvalue weighted by molar-refractivity contribution is 6.76. The van der Waals surface area contributed by atoms with Crippen LogP contribution in [0.1, 0.15) is 94.3 Å². The molecule has 34 heavy (non-hydrogen) atoms. The van der Waals surface area contributed by atoms with E-state index < -0.39 is 14.0 Å². The number of hydrogen-bond donors (Lipinski definition) is 2. The zero-order valence-corrected chi connectivity index (χ0v) is 23.3. The van der Waals surface area contributed by atoms with E-state index in [0.29, 0.717) is 12.2 Å². The molecular weight excluding hydrogens is 440 g/mol. The van der Waals surface area contributed by atoms with Gasteiger partial charge in [0.2, 0.25) is 0 Å². The average molecular weight is 491 g/mol. The summed E-state index contributed by atoms with van der Waals surface area (Å²) in [5.74, 6) is -0.690. The van der Waals surface area contributed by atoms with E-state index in [1.807, 2.05) is 12.1 Å². The van der Waals surface area contributed by atoms with Crippen LogP contribution in [0, 0.1) is 0 Å². The summed E-state index contributed by atoms with van der Waals surface area (Å²) in [4.78, 5) is 23.4. The fourth-order valence-corrected chi connectivity index (χ4v) is 5.30. The van der Waals surface area contributed by atoms with Crippen LogP contribution in [0.15, 0.2) is 24.3 Å². The lowest BCUT2D eigenvalue weighted by molar-refractivity contribution is -0.141. The van der Waals surface area contributed by atoms with Gasteiger partial charge in [0.05, 0.1) is 6.61 Å². The number of benzene rings is 1. The Morgan fingerprint density at radius 1 is 0.765 bits per heavy atom. The maximum Gasteiger partial charge on any atom is 0.325 e. The fraction of sp³-hybridized carbons (Fsp3) is 0.714. The molecule has 2 N–H and O–H groups in total. The van der Waals surface area contributed by atoms with Gasteiger partial charge in [-0.25, -0.2) is 0 Å². The Bertz CT molecular complexity index is 671. The predicted octanol–water partition coefficient (Wildman–Crippen LogP) is 7.41. The van der Waals surface area contributed by atoms with Crippen molar-refractivity contribution in [2.45, 2.75) is 110 Å². The van der Waals surface area contributed by atoms with Gasteiger partial charge in [-0.15, -0.1) is 0 Å². The summed E-state index contributed by atoms with van der Waals surface area (Å²) >= 11 is 0. The third-order valence-corrected chi connectivity index (χ3v) is 7.88. The molecule has 0 bridgehead atoms. The molecule has 1 rings (SSSR count). The SMILES string of the molecule is CCOC(=O)CNC(=O)c1ccc(NCCCCCCCCCCCCCC[Si](C)(C)C)cc1. The Hall–Kier alpha value is -1.82. The zero-order valence-electron chi connectivity index (χ0n) is 22.3. The first-order valence-corrected chi connectivity index (χ1v) is 17.3. The van der Waals surface area contributed by atoms with Gasteiger partial charge < -0.3 is 15.4 Å². The van der Waals surface area contributed by atoms with Crippen LogP contribution < -0.4 is 10.6 Å². The number of rotatable bonds is 20. The third kappa shape index (κ3) is 16.7. The third-order valence-electron chi connectivity index (χ3n) is 6.03. The highest BCUT2D eigenvalue weighted by Gasteiger charge is 2.11. The summed E-state index contributed by atoms with van der Waals surface area (Å²) in [5.41, 5.74) is 1.55. The number of nitrogens with one attached hydrogen (secondary N) is 2. The Morgan fingerprint density at radius 3 is 1.76 bits per heavy atom. The van der Waals surface area contributed by atoms with Crippen LogP contribution in [0.4, 0.5) is 5.69 Å². The smallest absolute Gasteiger partial charge is 0.325 e. The number of anilines is 1. The second-order valence-corrected chi connectivity index (χ2v) is 16.2. The van der Waals surface area contributed by atoms with Gasteiger partial charge in [0, 0.05) is 25.9 Å². The molecule has 1 amide bonds. The molecule has 0 aliphatic heterocycles. The number of amides is 1. The lowest BCUT2D eigenvalue weighted by atomic mass is 10.1. The van der Waals surface area contributed by atoms with Crippen molar-refractivity contribution in [1.82, 2.24) is 5.32 Å². The van der Waals surface area contributed by atoms with Crippen LogP contribution >= 0.6 is 0 Å². The quantitative estimate of drug-likeness (QED) is 0.113. The van der Waals surface area contributed by atoms with E-state index in [-0.39, 0.29) is 12.5 Å². The van der Waals surface area contributed by atoms with Crippen molar-refractivity contribution in [1.29, 1.82) is 0 Å². The molecule has 5 nitrogen and oxygen atoms in total. The highest BCUT2D eigenvalue weighted by atomic mass is 28.3. The zero-order chi connectivity index (χ0) is 25.1. The molecule has 1 aromatic carbocycles. The molecular formula is C28H50N2O3Si. The fourth-order valence-electron chi connectivity index (χ4n) is 3.99. The van der Waals surface area contributed by atoms with Gasteiger partial charge >= 0.3 is 5.97 Å². The Morgan fingerprint density at radius 2 is 1.26 bits per heavy atom. The van der Waals surface area contributed by atoms with Crippen molar-refractivity contribution < 1.29 is 14.3 Å². The molecule has 0 saturated heterocycles. The number of carbonyl (C=O) groups excluding carboxylic acids is 2. The number of ether oxygens (including phenoxy) is 1. The van der Waals surface area contributed by atoms with Crippen LogP contribution in [-0.4, -0.2) is 39.6 Å². The molecule has 0 fully saturated rings. The van der Waals surface area contributed by atoms with Gasteiger partial charge in [0.15, 0.2) is 0 Å². The summed E-state index contributed by atoms with van der Waals surface area (Å²) in [5, 5.41) is 5.99. The van der Waals surface area contributed by atoms with Crippen molar-refractivity contribution >= 4 is 25.6 Å². The first kappa shape index (κ1) is 30.2. The normalized spacial score (nSPS) is 11.3. The van der Waals surface area contributed by atoms with E-state index in [1.54, 1.807) is 19.1 Å². The van der Waals surface area contributed by atoms with Crippen molar-refractivity contribution in [2.24, 2.45) is 0 Å². The van der Waals surface area contributed by atoms with Gasteiger partial charge in [-0.1, -0.05) is 96.3 Å². The van der Waals surface area contributed by atoms with Crippen LogP contribution in [0.25, 0.3) is 0 Å². The topological polar surface area (TPSA) is 67.4 Å². The molecule has 194 valence electrons. The minimum atomic E-state index is -0.820. The Kier molecular flexibility index (Phi) is 16.4. The monoisotopic (exact) mass is 490 g/mol. The van der Waals surface area contributed by atoms with E-state index in [4.69, 9.17) is 4.74 Å². The van der Waals surface area contributed by atoms with Gasteiger partial charge in [-0.05, 0) is 37.6 Å². The number of hydrogen-bond acceptors (Lipinski definition) is 4. The lowest BCUT2D eigenvalue weighted by Crippen LogP contribution is -2.30. The first-order valence-electron chi connectivity index (χ1n) is 13.6. The maximum absolute atomic E-state index is 12.1. The summed E-state index contributed by atoms with van der Waals surface area (Å²) in [6.07, 6.45) is 16.5. The Labute approximate surface area is 209 Å². The minimum Gasteiger partial charge on any atom is -0.465 e. The predicted molar refractivity (Wildman–Crippen MR) is 147 cm³/mol. The standard InChI is InChI=1S/C28H50N2O3Si/c1-5-33-27(31)24-30-28(32)25-18-20-26(21-19-25)29-22-16-14-12-10-8-6-7-9-11-13-15-17-23-34(2,3)4/h18-21,29H,5-17,22-24H2,1-4H3,(H,30,32). The van der Waals surface area contributed by atoms with Crippen molar-refractivity contribution in [3.63, 3.8) is 0 Å². The second kappa shape index (κ2) is 18.5. The van der Waals surface area contributed by atoms with E-state index in [2.05, 4.69) is 30.3 Å². The number of unbranched alkanes of at least 4 members (excludes halogenated alkanes) is 11. The molecule has 1 aromatic rings. The van der Waals surface area contributed by atoms with Gasteiger partial charge in [0.1, 0.15) is 6.54 Å². The molecule has 0 saturated carbocycles. The minimum absolute atomic E-state index is 0.106. The maximum atomic E-state index is 12.1. The van der Waals surface area contributed by atoms with Gasteiger partial charge in [0.25, 0.3) is 5.91 Å². The van der Waals surface area contributed by atoms with Gasteiger partial charge in [-0.2, -0.15) is 0 Å². The van der Waals surface area contributed by atoms with Crippen LogP contribution in [0.2, 0.25) is 25.7 Å². The van der Waals surface area contributed by atoms with Crippen molar-refractivity contribution in [3.05, 3.63) is 29.8 Å². The summed E-state index contributed by atoms with van der Waals surface area (Å²) < 4.78 is 4.81. The molecule has 0 aromatic heterocycles. The first-order chi connectivity index (χ1) is 16.3. The van der Waals surface area contributed by atoms with Gasteiger partial charge in [-0.3, -0.25) is 9.59 Å². The van der Waals surface area contributed by atoms with E-state index in [1.165, 1.54) is 83.1 Å². The largest absolute Gasteiger partial charge is 0.465 e. The summed E-state index contributed by atoms with van der Waals surface area (Å²) in [6, 6.07) is 8.86. The van der Waals surface area contributed by atoms with E-state index in [0.717, 1.165) is 12.2 Å². The molecule has 0 heterocycles. The number of carbonyl (C=O) groups is 2. The molecule has 0 radical (unpaired) electrons. The molecule has 0 atom stereocenters. The summed E-state index contributed by atoms with van der Waals surface area (Å²) in [7, 11) is -0.820. The second-order valence-electron chi connectivity index (χ2n) is 10.5. The van der Waals surface area contributed by atoms with Crippen molar-refractivity contribution in [2.75, 3.05) is 25.0 Å². The summed E-state index contributed by atoms with van der Waals surface area (Å²) in [6.45, 7) is 10.3. The lowest BCUT2D eigenvalue weighted by Gasteiger charge is -2.14. The average Bonchev–Trinajstić information content (AvgIpc) is 2.80. The van der Waals surface area contributed by atoms with E-state index in [9.17, 15) is 9.59 Å². The molecule has 6 heteroatoms. The van der Waals surface area contributed by atoms with Crippen LogP contribution in [-0.2, 0) is 9.53 Å². The van der Waals surface area contributed by atoms with Crippen molar-refractivity contribution in [3.8, 4) is 0 Å². The van der Waals surface area contributed by atoms with E-state index >= 15 is 0 Å². The van der Waals surface area contributed by atoms with Crippen LogP contribution in [0.3, 0.4) is 0 Å².